The topological polar surface area (TPSA) is 100 Å². The van der Waals surface area contributed by atoms with E-state index in [-0.39, 0.29) is 5.65 Å². The standard InChI is InChI=1S/C22H22BrN7O2/c1-28(2)17-9-7-14(8-10-17)12-24-27-21-25-19-18(20(31)26-22(32)29(19)3)30(21)13-15-5-4-6-16(23)11-15/h4-12H,13H2,1-3H3,(H,25,27)(H,26,31,32)/b24-12+. The molecule has 0 amide bonds. The van der Waals surface area contributed by atoms with Crippen LogP contribution in [0.25, 0.3) is 11.2 Å². The second kappa shape index (κ2) is 8.83. The van der Waals surface area contributed by atoms with Gasteiger partial charge in [-0.3, -0.25) is 18.9 Å². The summed E-state index contributed by atoms with van der Waals surface area (Å²) < 4.78 is 3.94. The molecule has 0 bridgehead atoms. The Kier molecular flexibility index (Phi) is 5.95. The molecule has 2 aromatic carbocycles. The molecule has 2 heterocycles. The molecule has 32 heavy (non-hydrogen) atoms. The van der Waals surface area contributed by atoms with Gasteiger partial charge in [0.15, 0.2) is 11.2 Å². The molecule has 0 radical (unpaired) electrons. The van der Waals surface area contributed by atoms with E-state index in [1.807, 2.05) is 67.5 Å². The van der Waals surface area contributed by atoms with Gasteiger partial charge >= 0.3 is 5.69 Å². The molecule has 2 N–H and O–H groups in total. The zero-order chi connectivity index (χ0) is 22.8. The van der Waals surface area contributed by atoms with Gasteiger partial charge < -0.3 is 4.90 Å². The summed E-state index contributed by atoms with van der Waals surface area (Å²) in [5, 5.41) is 4.30. The molecular weight excluding hydrogens is 474 g/mol. The quantitative estimate of drug-likeness (QED) is 0.316. The molecule has 9 nitrogen and oxygen atoms in total. The smallest absolute Gasteiger partial charge is 0.329 e. The van der Waals surface area contributed by atoms with E-state index < -0.39 is 11.2 Å². The highest BCUT2D eigenvalue weighted by atomic mass is 79.9. The number of nitrogens with one attached hydrogen (secondary N) is 2. The fourth-order valence-corrected chi connectivity index (χ4v) is 3.76. The SMILES string of the molecule is CN(C)c1ccc(/C=N/Nc2nc3c(c(=O)[nH]c(=O)n3C)n2Cc2cccc(Br)c2)cc1. The Morgan fingerprint density at radius 1 is 1.19 bits per heavy atom. The van der Waals surface area contributed by atoms with Crippen molar-refractivity contribution in [1.82, 2.24) is 19.1 Å². The molecule has 0 aliphatic carbocycles. The van der Waals surface area contributed by atoms with Gasteiger partial charge in [0.25, 0.3) is 5.56 Å². The highest BCUT2D eigenvalue weighted by Crippen LogP contribution is 2.20. The summed E-state index contributed by atoms with van der Waals surface area (Å²) in [4.78, 5) is 33.5. The van der Waals surface area contributed by atoms with Gasteiger partial charge in [-0.25, -0.2) is 10.2 Å². The summed E-state index contributed by atoms with van der Waals surface area (Å²) in [5.41, 5.74) is 5.43. The van der Waals surface area contributed by atoms with E-state index in [2.05, 4.69) is 36.4 Å². The molecule has 0 saturated heterocycles. The Morgan fingerprint density at radius 2 is 1.94 bits per heavy atom. The van der Waals surface area contributed by atoms with Crippen LogP contribution in [0, 0.1) is 0 Å². The number of aromatic nitrogens is 4. The van der Waals surface area contributed by atoms with Gasteiger partial charge in [-0.15, -0.1) is 0 Å². The number of H-pyrrole nitrogens is 1. The fourth-order valence-electron chi connectivity index (χ4n) is 3.31. The van der Waals surface area contributed by atoms with Crippen LogP contribution in [0.1, 0.15) is 11.1 Å². The zero-order valence-corrected chi connectivity index (χ0v) is 19.4. The monoisotopic (exact) mass is 495 g/mol. The van der Waals surface area contributed by atoms with Crippen molar-refractivity contribution in [3.8, 4) is 0 Å². The molecule has 4 aromatic rings. The number of aryl methyl sites for hydroxylation is 1. The van der Waals surface area contributed by atoms with Crippen LogP contribution in [0.4, 0.5) is 11.6 Å². The van der Waals surface area contributed by atoms with Gasteiger partial charge in [-0.1, -0.05) is 40.2 Å². The zero-order valence-electron chi connectivity index (χ0n) is 17.8. The van der Waals surface area contributed by atoms with Crippen molar-refractivity contribution < 1.29 is 0 Å². The fraction of sp³-hybridized carbons (Fsp3) is 0.182. The maximum absolute atomic E-state index is 12.6. The molecule has 0 spiro atoms. The number of benzene rings is 2. The predicted octanol–water partition coefficient (Wildman–Crippen LogP) is 2.75. The number of halogens is 1. The minimum atomic E-state index is -0.523. The summed E-state index contributed by atoms with van der Waals surface area (Å²) in [5.74, 6) is 0.354. The molecule has 2 aromatic heterocycles. The molecule has 164 valence electrons. The Hall–Kier alpha value is -3.66. The number of aromatic amines is 1. The summed E-state index contributed by atoms with van der Waals surface area (Å²) in [6, 6.07) is 15.7. The minimum Gasteiger partial charge on any atom is -0.378 e. The first-order valence-electron chi connectivity index (χ1n) is 9.84. The number of rotatable bonds is 6. The van der Waals surface area contributed by atoms with Crippen molar-refractivity contribution >= 4 is 44.9 Å². The summed E-state index contributed by atoms with van der Waals surface area (Å²) in [7, 11) is 5.53. The first-order chi connectivity index (χ1) is 15.3. The van der Waals surface area contributed by atoms with Gasteiger partial charge in [0.05, 0.1) is 12.8 Å². The lowest BCUT2D eigenvalue weighted by Gasteiger charge is -2.11. The molecule has 0 unspecified atom stereocenters. The molecule has 4 rings (SSSR count). The van der Waals surface area contributed by atoms with E-state index in [4.69, 9.17) is 0 Å². The third-order valence-electron chi connectivity index (χ3n) is 5.02. The van der Waals surface area contributed by atoms with Gasteiger partial charge in [0.1, 0.15) is 0 Å². The third-order valence-corrected chi connectivity index (χ3v) is 5.52. The Labute approximate surface area is 192 Å². The predicted molar refractivity (Wildman–Crippen MR) is 131 cm³/mol. The van der Waals surface area contributed by atoms with E-state index in [0.717, 1.165) is 21.3 Å². The molecule has 0 atom stereocenters. The van der Waals surface area contributed by atoms with Crippen molar-refractivity contribution in [3.63, 3.8) is 0 Å². The van der Waals surface area contributed by atoms with Gasteiger partial charge in [0.2, 0.25) is 5.95 Å². The number of fused-ring (bicyclic) bond motifs is 1. The lowest BCUT2D eigenvalue weighted by Crippen LogP contribution is -2.29. The molecule has 10 heteroatoms. The number of hydrogen-bond acceptors (Lipinski definition) is 6. The summed E-state index contributed by atoms with van der Waals surface area (Å²) in [6.45, 7) is 0.368. The van der Waals surface area contributed by atoms with Gasteiger partial charge in [-0.05, 0) is 35.4 Å². The first kappa shape index (κ1) is 21.6. The van der Waals surface area contributed by atoms with Crippen LogP contribution >= 0.6 is 15.9 Å². The van der Waals surface area contributed by atoms with E-state index >= 15 is 0 Å². The number of imidazole rings is 1. The molecular formula is C22H22BrN7O2. The van der Waals surface area contributed by atoms with Crippen molar-refractivity contribution in [2.24, 2.45) is 12.1 Å². The average molecular weight is 496 g/mol. The third kappa shape index (κ3) is 4.35. The Balaban J connectivity index is 1.72. The molecule has 0 saturated carbocycles. The maximum atomic E-state index is 12.6. The number of hydrogen-bond donors (Lipinski definition) is 2. The average Bonchev–Trinajstić information content (AvgIpc) is 3.11. The lowest BCUT2D eigenvalue weighted by molar-refractivity contribution is 0.808. The molecule has 0 aliphatic heterocycles. The van der Waals surface area contributed by atoms with Gasteiger partial charge in [0, 0.05) is 31.3 Å². The second-order valence-corrected chi connectivity index (χ2v) is 8.41. The van der Waals surface area contributed by atoms with Crippen molar-refractivity contribution in [2.75, 3.05) is 24.4 Å². The Morgan fingerprint density at radius 3 is 2.62 bits per heavy atom. The molecule has 0 fully saturated rings. The van der Waals surface area contributed by atoms with Crippen LogP contribution in [0.15, 0.2) is 67.7 Å². The maximum Gasteiger partial charge on any atom is 0.329 e. The molecule has 0 aliphatic rings. The van der Waals surface area contributed by atoms with E-state index in [0.29, 0.717) is 18.0 Å². The van der Waals surface area contributed by atoms with E-state index in [9.17, 15) is 9.59 Å². The van der Waals surface area contributed by atoms with Crippen LogP contribution in [0.3, 0.4) is 0 Å². The number of hydrazone groups is 1. The van der Waals surface area contributed by atoms with E-state index in [1.165, 1.54) is 4.57 Å². The Bertz CT molecular complexity index is 1420. The number of nitrogens with zero attached hydrogens (tertiary/aromatic N) is 5. The first-order valence-corrected chi connectivity index (χ1v) is 10.6. The minimum absolute atomic E-state index is 0.279. The van der Waals surface area contributed by atoms with Gasteiger partial charge in [-0.2, -0.15) is 10.1 Å². The van der Waals surface area contributed by atoms with Crippen molar-refractivity contribution in [1.29, 1.82) is 0 Å². The van der Waals surface area contributed by atoms with Crippen LogP contribution < -0.4 is 21.6 Å². The summed E-state index contributed by atoms with van der Waals surface area (Å²) >= 11 is 3.47. The van der Waals surface area contributed by atoms with Crippen LogP contribution in [0.2, 0.25) is 0 Å². The van der Waals surface area contributed by atoms with Crippen LogP contribution in [-0.2, 0) is 13.6 Å². The largest absolute Gasteiger partial charge is 0.378 e. The van der Waals surface area contributed by atoms with Crippen molar-refractivity contribution in [2.45, 2.75) is 6.54 Å². The normalized spacial score (nSPS) is 11.4. The lowest BCUT2D eigenvalue weighted by atomic mass is 10.2. The van der Waals surface area contributed by atoms with E-state index in [1.54, 1.807) is 17.8 Å². The summed E-state index contributed by atoms with van der Waals surface area (Å²) in [6.07, 6.45) is 1.67. The highest BCUT2D eigenvalue weighted by Gasteiger charge is 2.17. The van der Waals surface area contributed by atoms with Crippen LogP contribution in [-0.4, -0.2) is 39.4 Å². The second-order valence-electron chi connectivity index (χ2n) is 7.50. The van der Waals surface area contributed by atoms with Crippen LogP contribution in [0.5, 0.6) is 0 Å². The number of anilines is 2. The highest BCUT2D eigenvalue weighted by molar-refractivity contribution is 9.10. The van der Waals surface area contributed by atoms with Crippen molar-refractivity contribution in [3.05, 3.63) is 85.0 Å².